The first-order chi connectivity index (χ1) is 14.8. The molecule has 8 N–H and O–H groups in total. The van der Waals surface area contributed by atoms with Gasteiger partial charge in [-0.15, -0.1) is 0 Å². The van der Waals surface area contributed by atoms with Gasteiger partial charge in [0.2, 0.25) is 17.7 Å². The van der Waals surface area contributed by atoms with Crippen molar-refractivity contribution in [2.45, 2.75) is 31.0 Å². The number of hydrogen-bond acceptors (Lipinski definition) is 8. The minimum Gasteiger partial charge on any atom is -0.480 e. The van der Waals surface area contributed by atoms with Crippen molar-refractivity contribution in [2.24, 2.45) is 5.73 Å². The highest BCUT2D eigenvalue weighted by atomic mass is 32.1. The Morgan fingerprint density at radius 3 is 2.13 bits per heavy atom. The lowest BCUT2D eigenvalue weighted by atomic mass is 10.1. The average Bonchev–Trinajstić information content (AvgIpc) is 3.43. The topological polar surface area (TPSA) is 208 Å². The van der Waals surface area contributed by atoms with Crippen LogP contribution < -0.4 is 21.7 Å². The van der Waals surface area contributed by atoms with Crippen LogP contribution in [0.25, 0.3) is 0 Å². The molecule has 0 saturated carbocycles. The maximum atomic E-state index is 12.5. The minimum absolute atomic E-state index is 0.0315. The van der Waals surface area contributed by atoms with Gasteiger partial charge in [0.15, 0.2) is 0 Å². The van der Waals surface area contributed by atoms with E-state index in [1.54, 1.807) is 0 Å². The predicted molar refractivity (Wildman–Crippen MR) is 111 cm³/mol. The summed E-state index contributed by atoms with van der Waals surface area (Å²) < 4.78 is 0. The van der Waals surface area contributed by atoms with E-state index in [9.17, 15) is 19.2 Å². The summed E-state index contributed by atoms with van der Waals surface area (Å²) in [6.07, 6.45) is 6.11. The van der Waals surface area contributed by atoms with Crippen LogP contribution in [0.2, 0.25) is 0 Å². The maximum absolute atomic E-state index is 12.5. The SMILES string of the molecule is NC(Cc1cnc[nH]1)C(=O)NCC(=O)NC(Cc1cnc[nH]1)C(=O)NC(CS)C(=O)O. The number of carbonyl (C=O) groups is 4. The number of aromatic nitrogens is 4. The van der Waals surface area contributed by atoms with E-state index in [2.05, 4.69) is 48.5 Å². The van der Waals surface area contributed by atoms with E-state index >= 15 is 0 Å². The third kappa shape index (κ3) is 7.75. The van der Waals surface area contributed by atoms with Gasteiger partial charge in [0.1, 0.15) is 12.1 Å². The Balaban J connectivity index is 1.92. The van der Waals surface area contributed by atoms with Gasteiger partial charge in [-0.3, -0.25) is 14.4 Å². The summed E-state index contributed by atoms with van der Waals surface area (Å²) in [6, 6.07) is -3.23. The second kappa shape index (κ2) is 11.7. The smallest absolute Gasteiger partial charge is 0.327 e. The molecule has 3 amide bonds. The van der Waals surface area contributed by atoms with Gasteiger partial charge in [-0.1, -0.05) is 0 Å². The Hall–Kier alpha value is -3.39. The number of hydrogen-bond donors (Lipinski definition) is 8. The third-order valence-corrected chi connectivity index (χ3v) is 4.55. The molecule has 2 aromatic rings. The molecule has 13 nitrogen and oxygen atoms in total. The number of aromatic amines is 2. The van der Waals surface area contributed by atoms with Crippen molar-refractivity contribution in [3.63, 3.8) is 0 Å². The average molecular weight is 452 g/mol. The fourth-order valence-electron chi connectivity index (χ4n) is 2.55. The van der Waals surface area contributed by atoms with E-state index in [1.807, 2.05) is 0 Å². The van der Waals surface area contributed by atoms with E-state index in [0.717, 1.165) is 0 Å². The number of amides is 3. The van der Waals surface area contributed by atoms with Crippen molar-refractivity contribution in [3.8, 4) is 0 Å². The molecule has 3 atom stereocenters. The number of aliphatic carboxylic acids is 1. The molecule has 0 radical (unpaired) electrons. The van der Waals surface area contributed by atoms with E-state index in [0.29, 0.717) is 11.4 Å². The largest absolute Gasteiger partial charge is 0.480 e. The zero-order chi connectivity index (χ0) is 22.8. The van der Waals surface area contributed by atoms with Crippen LogP contribution in [-0.2, 0) is 32.0 Å². The lowest BCUT2D eigenvalue weighted by Gasteiger charge is -2.20. The molecule has 0 bridgehead atoms. The van der Waals surface area contributed by atoms with Crippen LogP contribution in [-0.4, -0.2) is 79.2 Å². The Kier molecular flexibility index (Phi) is 9.02. The maximum Gasteiger partial charge on any atom is 0.327 e. The summed E-state index contributed by atoms with van der Waals surface area (Å²) >= 11 is 3.90. The van der Waals surface area contributed by atoms with Crippen molar-refractivity contribution >= 4 is 36.3 Å². The molecule has 31 heavy (non-hydrogen) atoms. The Morgan fingerprint density at radius 2 is 1.61 bits per heavy atom. The molecular formula is C17H24N8O5S. The standard InChI is InChI=1S/C17H24N8O5S/c18-11(1-9-3-19-7-22-9)15(27)21-5-14(26)24-12(2-10-4-20-8-23-10)16(28)25-13(6-31)17(29)30/h3-4,7-8,11-13,31H,1-2,5-6,18H2,(H,19,22)(H,20,23)(H,21,27)(H,24,26)(H,25,28)(H,29,30). The number of rotatable bonds is 12. The molecule has 0 fully saturated rings. The highest BCUT2D eigenvalue weighted by Gasteiger charge is 2.27. The first-order valence-electron chi connectivity index (χ1n) is 9.21. The molecule has 0 aliphatic heterocycles. The second-order valence-corrected chi connectivity index (χ2v) is 6.95. The lowest BCUT2D eigenvalue weighted by molar-refractivity contribution is -0.141. The van der Waals surface area contributed by atoms with Gasteiger partial charge in [0, 0.05) is 42.4 Å². The number of imidazole rings is 2. The molecule has 168 valence electrons. The summed E-state index contributed by atoms with van der Waals surface area (Å²) in [6.45, 7) is -0.419. The molecule has 2 heterocycles. The van der Waals surface area contributed by atoms with Crippen LogP contribution in [0.5, 0.6) is 0 Å². The van der Waals surface area contributed by atoms with Gasteiger partial charge < -0.3 is 36.8 Å². The first kappa shape index (κ1) is 23.9. The number of carboxylic acids is 1. The number of carboxylic acid groups (broad SMARTS) is 1. The van der Waals surface area contributed by atoms with Gasteiger partial charge in [0.25, 0.3) is 0 Å². The van der Waals surface area contributed by atoms with Crippen LogP contribution in [0, 0.1) is 0 Å². The number of nitrogens with two attached hydrogens (primary N) is 1. The molecular weight excluding hydrogens is 428 g/mol. The van der Waals surface area contributed by atoms with Crippen LogP contribution >= 0.6 is 12.6 Å². The van der Waals surface area contributed by atoms with Gasteiger partial charge >= 0.3 is 5.97 Å². The Bertz CT molecular complexity index is 873. The van der Waals surface area contributed by atoms with Crippen LogP contribution in [0.15, 0.2) is 25.0 Å². The normalized spacial score (nSPS) is 13.6. The van der Waals surface area contributed by atoms with Crippen LogP contribution in [0.4, 0.5) is 0 Å². The quantitative estimate of drug-likeness (QED) is 0.159. The number of nitrogens with one attached hydrogen (secondary N) is 5. The molecule has 14 heteroatoms. The first-order valence-corrected chi connectivity index (χ1v) is 9.84. The van der Waals surface area contributed by atoms with E-state index < -0.39 is 48.4 Å². The van der Waals surface area contributed by atoms with Crippen molar-refractivity contribution in [2.75, 3.05) is 12.3 Å². The molecule has 0 saturated heterocycles. The van der Waals surface area contributed by atoms with Gasteiger partial charge in [-0.2, -0.15) is 12.6 Å². The minimum atomic E-state index is -1.26. The summed E-state index contributed by atoms with van der Waals surface area (Å²) in [7, 11) is 0. The summed E-state index contributed by atoms with van der Waals surface area (Å²) in [5.74, 6) is -3.31. The fraction of sp³-hybridized carbons (Fsp3) is 0.412. The number of carbonyl (C=O) groups excluding carboxylic acids is 3. The highest BCUT2D eigenvalue weighted by Crippen LogP contribution is 2.01. The second-order valence-electron chi connectivity index (χ2n) is 6.59. The van der Waals surface area contributed by atoms with Crippen molar-refractivity contribution in [1.29, 1.82) is 0 Å². The molecule has 0 aliphatic carbocycles. The monoisotopic (exact) mass is 452 g/mol. The highest BCUT2D eigenvalue weighted by molar-refractivity contribution is 7.80. The van der Waals surface area contributed by atoms with Gasteiger partial charge in [-0.25, -0.2) is 14.8 Å². The molecule has 2 aromatic heterocycles. The molecule has 0 spiro atoms. The van der Waals surface area contributed by atoms with E-state index in [-0.39, 0.29) is 18.6 Å². The van der Waals surface area contributed by atoms with E-state index in [1.165, 1.54) is 25.0 Å². The fourth-order valence-corrected chi connectivity index (χ4v) is 2.80. The molecule has 3 unspecified atom stereocenters. The summed E-state index contributed by atoms with van der Waals surface area (Å²) in [5.41, 5.74) is 7.02. The zero-order valence-electron chi connectivity index (χ0n) is 16.4. The molecule has 0 aliphatic rings. The van der Waals surface area contributed by atoms with Gasteiger partial charge in [-0.05, 0) is 0 Å². The Labute approximate surface area is 182 Å². The summed E-state index contributed by atoms with van der Waals surface area (Å²) in [5, 5.41) is 16.3. The summed E-state index contributed by atoms with van der Waals surface area (Å²) in [4.78, 5) is 61.4. The number of thiol groups is 1. The number of nitrogens with zero attached hydrogens (tertiary/aromatic N) is 2. The van der Waals surface area contributed by atoms with E-state index in [4.69, 9.17) is 10.8 Å². The lowest BCUT2D eigenvalue weighted by Crippen LogP contribution is -2.55. The van der Waals surface area contributed by atoms with Crippen molar-refractivity contribution in [1.82, 2.24) is 35.9 Å². The third-order valence-electron chi connectivity index (χ3n) is 4.18. The van der Waals surface area contributed by atoms with Crippen LogP contribution in [0.3, 0.4) is 0 Å². The molecule has 2 rings (SSSR count). The predicted octanol–water partition coefficient (Wildman–Crippen LogP) is -2.65. The van der Waals surface area contributed by atoms with Gasteiger partial charge in [0.05, 0.1) is 25.2 Å². The molecule has 0 aromatic carbocycles. The van der Waals surface area contributed by atoms with Crippen LogP contribution in [0.1, 0.15) is 11.4 Å². The Morgan fingerprint density at radius 1 is 1.00 bits per heavy atom. The van der Waals surface area contributed by atoms with Crippen molar-refractivity contribution < 1.29 is 24.3 Å². The number of H-pyrrole nitrogens is 2. The van der Waals surface area contributed by atoms with Crippen molar-refractivity contribution in [3.05, 3.63) is 36.4 Å². The zero-order valence-corrected chi connectivity index (χ0v) is 17.3.